The molecule has 6 nitrogen and oxygen atoms in total. The zero-order valence-electron chi connectivity index (χ0n) is 14.8. The number of aliphatic hydroxyl groups is 1. The van der Waals surface area contributed by atoms with Gasteiger partial charge in [-0.2, -0.15) is 57.1 Å². The molecule has 0 amide bonds. The fourth-order valence-corrected chi connectivity index (χ4v) is 1.95. The van der Waals surface area contributed by atoms with Gasteiger partial charge in [0.15, 0.2) is 0 Å². The molecule has 190 valence electrons. The van der Waals surface area contributed by atoms with E-state index in [0.717, 1.165) is 0 Å². The number of aliphatic hydroxyl groups excluding tert-OH is 1. The molecule has 2 atom stereocenters. The Morgan fingerprint density at radius 3 is 1.47 bits per heavy atom. The molecule has 0 aromatic heterocycles. The van der Waals surface area contributed by atoms with Crippen molar-refractivity contribution >= 4 is 11.9 Å². The summed E-state index contributed by atoms with van der Waals surface area (Å²) < 4.78 is 169. The van der Waals surface area contributed by atoms with Crippen molar-refractivity contribution in [3.05, 3.63) is 0 Å². The Balaban J connectivity index is 5.91. The molecule has 0 aromatic carbocycles. The molecular formula is C13H12F13NO5. The average Bonchev–Trinajstić information content (AvgIpc) is 2.58. The van der Waals surface area contributed by atoms with E-state index in [4.69, 9.17) is 15.3 Å². The summed E-state index contributed by atoms with van der Waals surface area (Å²) in [7, 11) is 0. The monoisotopic (exact) mass is 509 g/mol. The SMILES string of the molecule is O=C(O)CC[C@H](NC[C@@H](O)C(F)(F)C(F)(F)C(F)(F)C(F)(F)C(F)(F)C(F)(F)F)C(=O)O. The molecule has 19 heteroatoms. The highest BCUT2D eigenvalue weighted by atomic mass is 19.4. The maximum Gasteiger partial charge on any atom is 0.460 e. The van der Waals surface area contributed by atoms with E-state index in [-0.39, 0.29) is 0 Å². The molecular weight excluding hydrogens is 497 g/mol. The van der Waals surface area contributed by atoms with Crippen LogP contribution in [0.2, 0.25) is 0 Å². The predicted molar refractivity (Wildman–Crippen MR) is 73.1 cm³/mol. The van der Waals surface area contributed by atoms with Crippen LogP contribution in [0.5, 0.6) is 0 Å². The van der Waals surface area contributed by atoms with E-state index in [2.05, 4.69) is 0 Å². The van der Waals surface area contributed by atoms with Gasteiger partial charge in [0, 0.05) is 13.0 Å². The van der Waals surface area contributed by atoms with Crippen LogP contribution in [0.4, 0.5) is 57.1 Å². The van der Waals surface area contributed by atoms with Crippen molar-refractivity contribution in [3.63, 3.8) is 0 Å². The molecule has 0 aliphatic heterocycles. The van der Waals surface area contributed by atoms with Gasteiger partial charge in [-0.15, -0.1) is 0 Å². The van der Waals surface area contributed by atoms with E-state index in [9.17, 15) is 66.7 Å². The van der Waals surface area contributed by atoms with Crippen molar-refractivity contribution < 1.29 is 82.0 Å². The number of hydrogen-bond donors (Lipinski definition) is 4. The summed E-state index contributed by atoms with van der Waals surface area (Å²) >= 11 is 0. The highest BCUT2D eigenvalue weighted by molar-refractivity contribution is 5.75. The normalized spacial score (nSPS) is 16.6. The first-order chi connectivity index (χ1) is 13.9. The standard InChI is InChI=1S/C13H12F13NO5/c14-8(15,5(28)3-27-4(7(31)32)1-2-6(29)30)9(16,17)10(18,19)11(20,21)12(22,23)13(24,25)26/h4-5,27-28H,1-3H2,(H,29,30)(H,31,32)/t4-,5+/m0/s1. The smallest absolute Gasteiger partial charge is 0.460 e. The van der Waals surface area contributed by atoms with Crippen LogP contribution in [-0.2, 0) is 9.59 Å². The summed E-state index contributed by atoms with van der Waals surface area (Å²) in [6.07, 6.45) is -13.8. The van der Waals surface area contributed by atoms with Gasteiger partial charge in [-0.3, -0.25) is 9.59 Å². The van der Waals surface area contributed by atoms with Crippen molar-refractivity contribution in [1.29, 1.82) is 0 Å². The van der Waals surface area contributed by atoms with Crippen LogP contribution in [-0.4, -0.2) is 81.7 Å². The molecule has 0 spiro atoms. The zero-order valence-corrected chi connectivity index (χ0v) is 14.8. The number of rotatable bonds is 12. The van der Waals surface area contributed by atoms with Crippen LogP contribution in [0.15, 0.2) is 0 Å². The molecule has 0 fully saturated rings. The second-order valence-corrected chi connectivity index (χ2v) is 6.17. The summed E-state index contributed by atoms with van der Waals surface area (Å²) in [6, 6.07) is -2.19. The lowest BCUT2D eigenvalue weighted by molar-refractivity contribution is -0.444. The minimum absolute atomic E-state index is 0.953. The molecule has 0 saturated carbocycles. The van der Waals surface area contributed by atoms with E-state index < -0.39 is 79.3 Å². The average molecular weight is 509 g/mol. The van der Waals surface area contributed by atoms with E-state index >= 15 is 0 Å². The topological polar surface area (TPSA) is 107 Å². The first-order valence-electron chi connectivity index (χ1n) is 7.71. The Hall–Kier alpha value is -2.05. The highest BCUT2D eigenvalue weighted by Crippen LogP contribution is 2.60. The third-order valence-electron chi connectivity index (χ3n) is 3.88. The molecule has 0 bridgehead atoms. The van der Waals surface area contributed by atoms with E-state index in [0.29, 0.717) is 0 Å². The fourth-order valence-electron chi connectivity index (χ4n) is 1.95. The number of carboxylic acid groups (broad SMARTS) is 2. The maximum atomic E-state index is 13.7. The first kappa shape index (κ1) is 29.9. The van der Waals surface area contributed by atoms with Gasteiger partial charge >= 0.3 is 47.7 Å². The van der Waals surface area contributed by atoms with Crippen LogP contribution in [0.25, 0.3) is 0 Å². The quantitative estimate of drug-likeness (QED) is 0.302. The van der Waals surface area contributed by atoms with Crippen molar-refractivity contribution in [2.45, 2.75) is 60.8 Å². The molecule has 0 aromatic rings. The lowest BCUT2D eigenvalue weighted by Crippen LogP contribution is -2.72. The zero-order chi connectivity index (χ0) is 26.1. The molecule has 32 heavy (non-hydrogen) atoms. The second kappa shape index (κ2) is 9.06. The summed E-state index contributed by atoms with van der Waals surface area (Å²) in [5.41, 5.74) is 0. The number of carbonyl (C=O) groups is 2. The fraction of sp³-hybridized carbons (Fsp3) is 0.846. The maximum absolute atomic E-state index is 13.7. The molecule has 0 aliphatic rings. The number of alkyl halides is 13. The Kier molecular flexibility index (Phi) is 8.48. The summed E-state index contributed by atoms with van der Waals surface area (Å²) in [4.78, 5) is 21.1. The summed E-state index contributed by atoms with van der Waals surface area (Å²) in [6.45, 7) is -2.14. The number of carboxylic acids is 2. The van der Waals surface area contributed by atoms with Gasteiger partial charge in [0.05, 0.1) is 0 Å². The molecule has 0 saturated heterocycles. The molecule has 0 aliphatic carbocycles. The van der Waals surface area contributed by atoms with Crippen molar-refractivity contribution in [2.24, 2.45) is 0 Å². The lowest BCUT2D eigenvalue weighted by atomic mass is 9.91. The van der Waals surface area contributed by atoms with Gasteiger partial charge in [0.25, 0.3) is 0 Å². The van der Waals surface area contributed by atoms with Gasteiger partial charge < -0.3 is 20.6 Å². The van der Waals surface area contributed by atoms with Crippen LogP contribution < -0.4 is 5.32 Å². The predicted octanol–water partition coefficient (Wildman–Crippen LogP) is 2.99. The van der Waals surface area contributed by atoms with Crippen molar-refractivity contribution in [3.8, 4) is 0 Å². The van der Waals surface area contributed by atoms with E-state index in [1.54, 1.807) is 0 Å². The van der Waals surface area contributed by atoms with Crippen molar-refractivity contribution in [1.82, 2.24) is 5.32 Å². The van der Waals surface area contributed by atoms with E-state index in [1.165, 1.54) is 5.32 Å². The van der Waals surface area contributed by atoms with E-state index in [1.807, 2.05) is 0 Å². The third-order valence-corrected chi connectivity index (χ3v) is 3.88. The number of halogens is 13. The Labute approximate surface area is 168 Å². The second-order valence-electron chi connectivity index (χ2n) is 6.17. The highest BCUT2D eigenvalue weighted by Gasteiger charge is 2.91. The molecule has 0 unspecified atom stereocenters. The third kappa shape index (κ3) is 5.12. The minimum Gasteiger partial charge on any atom is -0.481 e. The number of hydrogen-bond acceptors (Lipinski definition) is 4. The Morgan fingerprint density at radius 1 is 0.719 bits per heavy atom. The minimum atomic E-state index is -8.14. The molecule has 4 N–H and O–H groups in total. The van der Waals surface area contributed by atoms with Gasteiger partial charge in [-0.05, 0) is 6.42 Å². The number of nitrogens with one attached hydrogen (secondary N) is 1. The van der Waals surface area contributed by atoms with Crippen LogP contribution >= 0.6 is 0 Å². The molecule has 0 radical (unpaired) electrons. The Morgan fingerprint density at radius 2 is 1.12 bits per heavy atom. The van der Waals surface area contributed by atoms with Gasteiger partial charge in [0.2, 0.25) is 0 Å². The summed E-state index contributed by atoms with van der Waals surface area (Å²) in [5, 5.41) is 27.4. The molecule has 0 rings (SSSR count). The first-order valence-corrected chi connectivity index (χ1v) is 7.71. The van der Waals surface area contributed by atoms with Gasteiger partial charge in [-0.1, -0.05) is 0 Å². The number of aliphatic carboxylic acids is 2. The lowest BCUT2D eigenvalue weighted by Gasteiger charge is -2.40. The summed E-state index contributed by atoms with van der Waals surface area (Å²) in [5.74, 6) is -42.4. The van der Waals surface area contributed by atoms with Crippen LogP contribution in [0, 0.1) is 0 Å². The van der Waals surface area contributed by atoms with Crippen LogP contribution in [0.3, 0.4) is 0 Å². The van der Waals surface area contributed by atoms with Gasteiger partial charge in [-0.25, -0.2) is 0 Å². The van der Waals surface area contributed by atoms with Crippen LogP contribution in [0.1, 0.15) is 12.8 Å². The van der Waals surface area contributed by atoms with Crippen molar-refractivity contribution in [2.75, 3.05) is 6.54 Å². The molecule has 0 heterocycles. The Bertz CT molecular complexity index is 694. The van der Waals surface area contributed by atoms with Gasteiger partial charge in [0.1, 0.15) is 12.1 Å². The largest absolute Gasteiger partial charge is 0.481 e.